The second-order valence-corrected chi connectivity index (χ2v) is 8.89. The van der Waals surface area contributed by atoms with Gasteiger partial charge in [0.25, 0.3) is 0 Å². The van der Waals surface area contributed by atoms with E-state index in [1.807, 2.05) is 59.3 Å². The molecule has 1 aliphatic rings. The molecule has 5 nitrogen and oxygen atoms in total. The van der Waals surface area contributed by atoms with Gasteiger partial charge in [-0.15, -0.1) is 0 Å². The first-order valence-electron chi connectivity index (χ1n) is 11.2. The van der Waals surface area contributed by atoms with Crippen LogP contribution in [0, 0.1) is 0 Å². The second kappa shape index (κ2) is 9.20. The Bertz CT molecular complexity index is 1390. The van der Waals surface area contributed by atoms with E-state index in [1.54, 1.807) is 4.90 Å². The van der Waals surface area contributed by atoms with E-state index in [4.69, 9.17) is 11.6 Å². The van der Waals surface area contributed by atoms with Crippen LogP contribution in [0.25, 0.3) is 33.2 Å². The van der Waals surface area contributed by atoms with Crippen molar-refractivity contribution < 1.29 is 9.59 Å². The maximum absolute atomic E-state index is 12.8. The summed E-state index contributed by atoms with van der Waals surface area (Å²) in [7, 11) is 0. The molecule has 1 aliphatic heterocycles. The number of likely N-dealkylation sites (tertiary alicyclic amines) is 1. The average molecular weight is 470 g/mol. The van der Waals surface area contributed by atoms with Gasteiger partial charge in [0.15, 0.2) is 0 Å². The third kappa shape index (κ3) is 4.22. The number of rotatable bonds is 6. The number of carbonyl (C=O) groups excluding carboxylic acids is 2. The summed E-state index contributed by atoms with van der Waals surface area (Å²) >= 11 is 6.37. The van der Waals surface area contributed by atoms with Gasteiger partial charge in [0, 0.05) is 40.8 Å². The van der Waals surface area contributed by atoms with Crippen LogP contribution < -0.4 is 5.32 Å². The average Bonchev–Trinajstić information content (AvgIpc) is 3.18. The van der Waals surface area contributed by atoms with Crippen molar-refractivity contribution in [3.63, 3.8) is 0 Å². The monoisotopic (exact) mass is 469 g/mol. The Morgan fingerprint density at radius 2 is 1.68 bits per heavy atom. The third-order valence-electron chi connectivity index (χ3n) is 6.19. The first-order valence-corrected chi connectivity index (χ1v) is 11.5. The fourth-order valence-electron chi connectivity index (χ4n) is 4.51. The molecule has 0 spiro atoms. The number of benzene rings is 3. The normalized spacial score (nSPS) is 13.5. The number of fused-ring (bicyclic) bond motifs is 1. The zero-order valence-electron chi connectivity index (χ0n) is 18.6. The smallest absolute Gasteiger partial charge is 0.246 e. The van der Waals surface area contributed by atoms with Crippen LogP contribution in [0.3, 0.4) is 0 Å². The van der Waals surface area contributed by atoms with Crippen molar-refractivity contribution in [2.24, 2.45) is 0 Å². The zero-order valence-corrected chi connectivity index (χ0v) is 19.3. The van der Waals surface area contributed by atoms with Crippen molar-refractivity contribution in [2.75, 3.05) is 13.1 Å². The summed E-state index contributed by atoms with van der Waals surface area (Å²) in [5.41, 5.74) is 5.29. The Labute approximate surface area is 203 Å². The Balaban J connectivity index is 1.46. The van der Waals surface area contributed by atoms with Gasteiger partial charge >= 0.3 is 0 Å². The predicted molar refractivity (Wildman–Crippen MR) is 137 cm³/mol. The lowest BCUT2D eigenvalue weighted by atomic mass is 9.94. The van der Waals surface area contributed by atoms with Gasteiger partial charge in [0.05, 0.1) is 6.04 Å². The van der Waals surface area contributed by atoms with E-state index >= 15 is 0 Å². The molecule has 1 N–H and O–H groups in total. The van der Waals surface area contributed by atoms with Gasteiger partial charge < -0.3 is 14.8 Å². The molecule has 0 unspecified atom stereocenters. The van der Waals surface area contributed by atoms with Crippen LogP contribution in [0.15, 0.2) is 91.6 Å². The molecular formula is C28H24ClN3O2. The zero-order chi connectivity index (χ0) is 23.7. The maximum atomic E-state index is 12.8. The maximum Gasteiger partial charge on any atom is 0.246 e. The highest BCUT2D eigenvalue weighted by Crippen LogP contribution is 2.38. The minimum Gasteiger partial charge on any atom is -0.348 e. The van der Waals surface area contributed by atoms with E-state index in [9.17, 15) is 9.59 Å². The Kier molecular flexibility index (Phi) is 5.95. The Hall–Kier alpha value is -3.83. The molecule has 170 valence electrons. The SMILES string of the molecule is C=CC(=O)N1CC(NC(=O)Cn2cc(-c3ccccc3-c3ccccc3)c3cc(Cl)ccc32)C1. The standard InChI is InChI=1S/C28H24ClN3O2/c1-2-28(34)32-15-21(16-32)30-27(33)18-31-17-25(24-14-20(29)12-13-26(24)31)23-11-7-6-10-22(23)19-8-4-3-5-9-19/h2-14,17,21H,1,15-16,18H2,(H,30,33). The molecule has 0 bridgehead atoms. The number of hydrogen-bond donors (Lipinski definition) is 1. The molecule has 2 amide bonds. The summed E-state index contributed by atoms with van der Waals surface area (Å²) in [5.74, 6) is -0.203. The molecule has 0 atom stereocenters. The number of halogens is 1. The minimum absolute atomic E-state index is 0.0362. The van der Waals surface area contributed by atoms with E-state index in [-0.39, 0.29) is 24.4 Å². The molecule has 0 radical (unpaired) electrons. The van der Waals surface area contributed by atoms with Crippen LogP contribution in [0.4, 0.5) is 0 Å². The summed E-state index contributed by atoms with van der Waals surface area (Å²) in [6, 6.07) is 24.2. The summed E-state index contributed by atoms with van der Waals surface area (Å²) < 4.78 is 1.96. The molecule has 0 aliphatic carbocycles. The van der Waals surface area contributed by atoms with Gasteiger partial charge in [0.2, 0.25) is 11.8 Å². The van der Waals surface area contributed by atoms with Crippen LogP contribution in [0.1, 0.15) is 0 Å². The Morgan fingerprint density at radius 3 is 2.41 bits per heavy atom. The van der Waals surface area contributed by atoms with E-state index in [2.05, 4.69) is 36.2 Å². The quantitative estimate of drug-likeness (QED) is 0.397. The summed E-state index contributed by atoms with van der Waals surface area (Å²) in [6.45, 7) is 4.70. The summed E-state index contributed by atoms with van der Waals surface area (Å²) in [4.78, 5) is 26.1. The van der Waals surface area contributed by atoms with Gasteiger partial charge in [-0.1, -0.05) is 72.8 Å². The van der Waals surface area contributed by atoms with Crippen molar-refractivity contribution >= 4 is 34.3 Å². The number of hydrogen-bond acceptors (Lipinski definition) is 2. The number of carbonyl (C=O) groups is 2. The van der Waals surface area contributed by atoms with Gasteiger partial charge in [-0.2, -0.15) is 0 Å². The lowest BCUT2D eigenvalue weighted by Crippen LogP contribution is -2.61. The first kappa shape index (κ1) is 22.0. The highest BCUT2D eigenvalue weighted by molar-refractivity contribution is 6.31. The molecule has 1 saturated heterocycles. The van der Waals surface area contributed by atoms with Crippen LogP contribution in [-0.4, -0.2) is 40.4 Å². The molecule has 34 heavy (non-hydrogen) atoms. The predicted octanol–water partition coefficient (Wildman–Crippen LogP) is 5.14. The fraction of sp³-hybridized carbons (Fsp3) is 0.143. The van der Waals surface area contributed by atoms with Crippen LogP contribution in [-0.2, 0) is 16.1 Å². The van der Waals surface area contributed by atoms with Crippen molar-refractivity contribution in [3.8, 4) is 22.3 Å². The minimum atomic E-state index is -0.111. The molecule has 1 fully saturated rings. The van der Waals surface area contributed by atoms with Gasteiger partial charge in [0.1, 0.15) is 6.54 Å². The second-order valence-electron chi connectivity index (χ2n) is 8.46. The van der Waals surface area contributed by atoms with E-state index in [0.717, 1.165) is 33.2 Å². The van der Waals surface area contributed by atoms with Gasteiger partial charge in [-0.25, -0.2) is 0 Å². The lowest BCUT2D eigenvalue weighted by Gasteiger charge is -2.38. The molecular weight excluding hydrogens is 446 g/mol. The molecule has 2 heterocycles. The summed E-state index contributed by atoms with van der Waals surface area (Å²) in [6.07, 6.45) is 3.32. The fourth-order valence-corrected chi connectivity index (χ4v) is 4.68. The topological polar surface area (TPSA) is 54.3 Å². The largest absolute Gasteiger partial charge is 0.348 e. The van der Waals surface area contributed by atoms with Crippen molar-refractivity contribution in [2.45, 2.75) is 12.6 Å². The number of amides is 2. The lowest BCUT2D eigenvalue weighted by molar-refractivity contribution is -0.133. The van der Waals surface area contributed by atoms with Crippen molar-refractivity contribution in [3.05, 3.63) is 96.7 Å². The molecule has 6 heteroatoms. The molecule has 4 aromatic rings. The molecule has 5 rings (SSSR count). The van der Waals surface area contributed by atoms with Crippen molar-refractivity contribution in [1.29, 1.82) is 0 Å². The van der Waals surface area contributed by atoms with Crippen molar-refractivity contribution in [1.82, 2.24) is 14.8 Å². The first-order chi connectivity index (χ1) is 16.5. The molecule has 3 aromatic carbocycles. The van der Waals surface area contributed by atoms with Crippen LogP contribution in [0.5, 0.6) is 0 Å². The van der Waals surface area contributed by atoms with Gasteiger partial charge in [-0.3, -0.25) is 9.59 Å². The number of nitrogens with one attached hydrogen (secondary N) is 1. The van der Waals surface area contributed by atoms with Crippen LogP contribution in [0.2, 0.25) is 5.02 Å². The van der Waals surface area contributed by atoms with Gasteiger partial charge in [-0.05, 0) is 41.0 Å². The molecule has 0 saturated carbocycles. The van der Waals surface area contributed by atoms with E-state index in [0.29, 0.717) is 18.1 Å². The van der Waals surface area contributed by atoms with E-state index < -0.39 is 0 Å². The third-order valence-corrected chi connectivity index (χ3v) is 6.43. The van der Waals surface area contributed by atoms with Crippen LogP contribution >= 0.6 is 11.6 Å². The number of aromatic nitrogens is 1. The highest BCUT2D eigenvalue weighted by Gasteiger charge is 2.30. The van der Waals surface area contributed by atoms with E-state index in [1.165, 1.54) is 6.08 Å². The highest BCUT2D eigenvalue weighted by atomic mass is 35.5. The summed E-state index contributed by atoms with van der Waals surface area (Å²) in [5, 5.41) is 4.67. The Morgan fingerprint density at radius 1 is 0.971 bits per heavy atom. The number of nitrogens with zero attached hydrogens (tertiary/aromatic N) is 2. The molecule has 1 aromatic heterocycles.